The maximum absolute atomic E-state index is 11.1. The van der Waals surface area contributed by atoms with Crippen LogP contribution in [-0.4, -0.2) is 48.2 Å². The van der Waals surface area contributed by atoms with E-state index in [0.29, 0.717) is 19.0 Å². The second-order valence-corrected chi connectivity index (χ2v) is 4.76. The number of aliphatic carboxylic acids is 1. The zero-order chi connectivity index (χ0) is 12.1. The second-order valence-electron chi connectivity index (χ2n) is 4.76. The molecular formula is C11H24N2O2. The van der Waals surface area contributed by atoms with Crippen LogP contribution in [0, 0.1) is 5.92 Å². The van der Waals surface area contributed by atoms with Gasteiger partial charge in [-0.2, -0.15) is 0 Å². The first-order valence-corrected chi connectivity index (χ1v) is 5.48. The van der Waals surface area contributed by atoms with Gasteiger partial charge in [0.1, 0.15) is 5.54 Å². The van der Waals surface area contributed by atoms with Gasteiger partial charge in [-0.3, -0.25) is 4.79 Å². The first-order valence-electron chi connectivity index (χ1n) is 5.48. The highest BCUT2D eigenvalue weighted by Gasteiger charge is 2.33. The molecule has 0 amide bonds. The summed E-state index contributed by atoms with van der Waals surface area (Å²) < 4.78 is 0. The van der Waals surface area contributed by atoms with Gasteiger partial charge in [0.25, 0.3) is 0 Å². The summed E-state index contributed by atoms with van der Waals surface area (Å²) in [6.45, 7) is 10.0. The lowest BCUT2D eigenvalue weighted by atomic mass is 10.0. The largest absolute Gasteiger partial charge is 0.480 e. The zero-order valence-electron chi connectivity index (χ0n) is 10.5. The van der Waals surface area contributed by atoms with E-state index < -0.39 is 11.5 Å². The molecule has 0 aromatic rings. The molecule has 0 saturated carbocycles. The molecule has 0 aliphatic rings. The van der Waals surface area contributed by atoms with Crippen molar-refractivity contribution in [2.75, 3.05) is 26.7 Å². The smallest absolute Gasteiger partial charge is 0.324 e. The molecule has 0 aliphatic carbocycles. The van der Waals surface area contributed by atoms with Gasteiger partial charge in [-0.15, -0.1) is 0 Å². The third kappa shape index (κ3) is 5.14. The lowest BCUT2D eigenvalue weighted by Gasteiger charge is -2.31. The van der Waals surface area contributed by atoms with Crippen LogP contribution in [0.15, 0.2) is 0 Å². The lowest BCUT2D eigenvalue weighted by molar-refractivity contribution is -0.144. The standard InChI is InChI=1S/C11H24N2O2/c1-6-12-11(4,10(14)15)8-13(5)7-9(2)3/h9,12H,6-8H2,1-5H3,(H,14,15). The van der Waals surface area contributed by atoms with Gasteiger partial charge in [0.15, 0.2) is 0 Å². The number of nitrogens with one attached hydrogen (secondary N) is 1. The molecule has 1 atom stereocenters. The summed E-state index contributed by atoms with van der Waals surface area (Å²) >= 11 is 0. The van der Waals surface area contributed by atoms with E-state index in [0.717, 1.165) is 6.54 Å². The van der Waals surface area contributed by atoms with E-state index in [-0.39, 0.29) is 0 Å². The lowest BCUT2D eigenvalue weighted by Crippen LogP contribution is -2.56. The SMILES string of the molecule is CCNC(C)(CN(C)CC(C)C)C(=O)O. The Hall–Kier alpha value is -0.610. The van der Waals surface area contributed by atoms with E-state index in [1.165, 1.54) is 0 Å². The van der Waals surface area contributed by atoms with Crippen molar-refractivity contribution in [3.8, 4) is 0 Å². The molecule has 4 nitrogen and oxygen atoms in total. The summed E-state index contributed by atoms with van der Waals surface area (Å²) in [7, 11) is 1.96. The minimum Gasteiger partial charge on any atom is -0.480 e. The van der Waals surface area contributed by atoms with Gasteiger partial charge >= 0.3 is 5.97 Å². The average Bonchev–Trinajstić information content (AvgIpc) is 2.01. The summed E-state index contributed by atoms with van der Waals surface area (Å²) in [5.41, 5.74) is -0.849. The molecule has 2 N–H and O–H groups in total. The van der Waals surface area contributed by atoms with E-state index in [4.69, 9.17) is 5.11 Å². The minimum absolute atomic E-state index is 0.522. The number of hydrogen-bond acceptors (Lipinski definition) is 3. The van der Waals surface area contributed by atoms with Crippen molar-refractivity contribution in [1.82, 2.24) is 10.2 Å². The predicted molar refractivity (Wildman–Crippen MR) is 62.1 cm³/mol. The summed E-state index contributed by atoms with van der Waals surface area (Å²) in [6.07, 6.45) is 0. The van der Waals surface area contributed by atoms with Crippen LogP contribution < -0.4 is 5.32 Å². The minimum atomic E-state index is -0.849. The fraction of sp³-hybridized carbons (Fsp3) is 0.909. The number of carboxylic acids is 1. The van der Waals surface area contributed by atoms with E-state index in [1.54, 1.807) is 6.92 Å². The Kier molecular flexibility index (Phi) is 5.83. The summed E-state index contributed by atoms with van der Waals surface area (Å²) in [5.74, 6) is -0.241. The van der Waals surface area contributed by atoms with Crippen LogP contribution in [0.5, 0.6) is 0 Å². The molecule has 0 bridgehead atoms. The molecule has 0 saturated heterocycles. The van der Waals surface area contributed by atoms with Crippen molar-refractivity contribution in [1.29, 1.82) is 0 Å². The monoisotopic (exact) mass is 216 g/mol. The van der Waals surface area contributed by atoms with Crippen molar-refractivity contribution in [2.24, 2.45) is 5.92 Å². The molecule has 0 aromatic heterocycles. The Labute approximate surface area is 92.7 Å². The Balaban J connectivity index is 4.34. The van der Waals surface area contributed by atoms with Crippen LogP contribution in [0.4, 0.5) is 0 Å². The van der Waals surface area contributed by atoms with Crippen LogP contribution >= 0.6 is 0 Å². The molecule has 90 valence electrons. The highest BCUT2D eigenvalue weighted by atomic mass is 16.4. The van der Waals surface area contributed by atoms with Crippen LogP contribution in [0.2, 0.25) is 0 Å². The van der Waals surface area contributed by atoms with Crippen LogP contribution in [0.3, 0.4) is 0 Å². The third-order valence-corrected chi connectivity index (χ3v) is 2.30. The highest BCUT2D eigenvalue weighted by Crippen LogP contribution is 2.07. The van der Waals surface area contributed by atoms with Crippen molar-refractivity contribution in [3.05, 3.63) is 0 Å². The molecule has 4 heteroatoms. The summed E-state index contributed by atoms with van der Waals surface area (Å²) in [4.78, 5) is 13.2. The molecule has 1 unspecified atom stereocenters. The van der Waals surface area contributed by atoms with E-state index in [9.17, 15) is 4.79 Å². The average molecular weight is 216 g/mol. The first kappa shape index (κ1) is 14.4. The van der Waals surface area contributed by atoms with Gasteiger partial charge in [-0.25, -0.2) is 0 Å². The number of rotatable bonds is 7. The van der Waals surface area contributed by atoms with Gasteiger partial charge in [0, 0.05) is 13.1 Å². The highest BCUT2D eigenvalue weighted by molar-refractivity contribution is 5.78. The van der Waals surface area contributed by atoms with Crippen molar-refractivity contribution < 1.29 is 9.90 Å². The quantitative estimate of drug-likeness (QED) is 0.667. The Morgan fingerprint density at radius 1 is 1.53 bits per heavy atom. The van der Waals surface area contributed by atoms with Crippen LogP contribution in [-0.2, 0) is 4.79 Å². The van der Waals surface area contributed by atoms with E-state index >= 15 is 0 Å². The molecular weight excluding hydrogens is 192 g/mol. The van der Waals surface area contributed by atoms with Gasteiger partial charge in [-0.05, 0) is 26.4 Å². The molecule has 0 rings (SSSR count). The van der Waals surface area contributed by atoms with Gasteiger partial charge in [-0.1, -0.05) is 20.8 Å². The first-order chi connectivity index (χ1) is 6.81. The molecule has 15 heavy (non-hydrogen) atoms. The normalized spacial score (nSPS) is 15.7. The molecule has 0 aliphatic heterocycles. The number of carboxylic acid groups (broad SMARTS) is 1. The number of hydrogen-bond donors (Lipinski definition) is 2. The maximum Gasteiger partial charge on any atom is 0.324 e. The molecule has 0 fully saturated rings. The van der Waals surface area contributed by atoms with Gasteiger partial charge in [0.05, 0.1) is 0 Å². The van der Waals surface area contributed by atoms with E-state index in [2.05, 4.69) is 24.1 Å². The Morgan fingerprint density at radius 3 is 2.40 bits per heavy atom. The van der Waals surface area contributed by atoms with Crippen LogP contribution in [0.25, 0.3) is 0 Å². The number of nitrogens with zero attached hydrogens (tertiary/aromatic N) is 1. The Morgan fingerprint density at radius 2 is 2.07 bits per heavy atom. The fourth-order valence-electron chi connectivity index (χ4n) is 1.82. The maximum atomic E-state index is 11.1. The molecule has 0 aromatic carbocycles. The molecule has 0 spiro atoms. The van der Waals surface area contributed by atoms with Crippen molar-refractivity contribution in [2.45, 2.75) is 33.2 Å². The Bertz CT molecular complexity index is 207. The fourth-order valence-corrected chi connectivity index (χ4v) is 1.82. The van der Waals surface area contributed by atoms with Crippen LogP contribution in [0.1, 0.15) is 27.7 Å². The second kappa shape index (κ2) is 6.08. The molecule has 0 radical (unpaired) electrons. The molecule has 0 heterocycles. The third-order valence-electron chi connectivity index (χ3n) is 2.30. The van der Waals surface area contributed by atoms with E-state index in [1.807, 2.05) is 14.0 Å². The summed E-state index contributed by atoms with van der Waals surface area (Å²) in [6, 6.07) is 0. The summed E-state index contributed by atoms with van der Waals surface area (Å²) in [5, 5.41) is 12.2. The predicted octanol–water partition coefficient (Wildman–Crippen LogP) is 1.03. The van der Waals surface area contributed by atoms with Gasteiger partial charge in [0.2, 0.25) is 0 Å². The van der Waals surface area contributed by atoms with Gasteiger partial charge < -0.3 is 15.3 Å². The van der Waals surface area contributed by atoms with Crippen molar-refractivity contribution >= 4 is 5.97 Å². The number of likely N-dealkylation sites (N-methyl/N-ethyl adjacent to an activating group) is 2. The van der Waals surface area contributed by atoms with Crippen molar-refractivity contribution in [3.63, 3.8) is 0 Å². The topological polar surface area (TPSA) is 52.6 Å². The number of carbonyl (C=O) groups is 1. The zero-order valence-corrected chi connectivity index (χ0v) is 10.5.